The average Bonchev–Trinajstić information content (AvgIpc) is 3.28. The standard InChI is InChI=1S/C22H26N2O5/c1-16(23-21(26)19-8-5-13-28-19)22(27)29-15-20(25)24-11-9-18(10-12-24)14-17-6-3-2-4-7-17/h2-8,13,16,18H,9-12,14-15H2,1H3,(H,23,26). The van der Waals surface area contributed by atoms with E-state index in [0.717, 1.165) is 19.3 Å². The van der Waals surface area contributed by atoms with E-state index in [1.54, 1.807) is 11.0 Å². The van der Waals surface area contributed by atoms with Crippen molar-refractivity contribution in [2.24, 2.45) is 5.92 Å². The first-order valence-corrected chi connectivity index (χ1v) is 9.85. The van der Waals surface area contributed by atoms with Gasteiger partial charge in [0.15, 0.2) is 12.4 Å². The summed E-state index contributed by atoms with van der Waals surface area (Å²) in [5, 5.41) is 2.48. The number of nitrogens with one attached hydrogen (secondary N) is 1. The number of esters is 1. The molecule has 3 rings (SSSR count). The first-order valence-electron chi connectivity index (χ1n) is 9.85. The molecule has 1 aromatic carbocycles. The fourth-order valence-corrected chi connectivity index (χ4v) is 3.42. The van der Waals surface area contributed by atoms with Crippen molar-refractivity contribution in [2.75, 3.05) is 19.7 Å². The van der Waals surface area contributed by atoms with E-state index in [2.05, 4.69) is 17.4 Å². The van der Waals surface area contributed by atoms with Crippen LogP contribution in [0.2, 0.25) is 0 Å². The van der Waals surface area contributed by atoms with Crippen LogP contribution in [0.25, 0.3) is 0 Å². The van der Waals surface area contributed by atoms with Gasteiger partial charge in [-0.3, -0.25) is 9.59 Å². The first-order chi connectivity index (χ1) is 14.0. The molecule has 2 aromatic rings. The highest BCUT2D eigenvalue weighted by Gasteiger charge is 2.25. The lowest BCUT2D eigenvalue weighted by molar-refractivity contribution is -0.153. The number of hydrogen-bond acceptors (Lipinski definition) is 5. The van der Waals surface area contributed by atoms with Crippen molar-refractivity contribution in [1.29, 1.82) is 0 Å². The van der Waals surface area contributed by atoms with Gasteiger partial charge in [-0.05, 0) is 49.8 Å². The zero-order valence-electron chi connectivity index (χ0n) is 16.5. The second-order valence-corrected chi connectivity index (χ2v) is 7.29. The minimum Gasteiger partial charge on any atom is -0.459 e. The highest BCUT2D eigenvalue weighted by Crippen LogP contribution is 2.21. The zero-order chi connectivity index (χ0) is 20.6. The van der Waals surface area contributed by atoms with Crippen LogP contribution >= 0.6 is 0 Å². The maximum absolute atomic E-state index is 12.3. The summed E-state index contributed by atoms with van der Waals surface area (Å²) in [5.74, 6) is -0.704. The molecule has 1 atom stereocenters. The maximum Gasteiger partial charge on any atom is 0.328 e. The monoisotopic (exact) mass is 398 g/mol. The number of hydrogen-bond donors (Lipinski definition) is 1. The number of likely N-dealkylation sites (tertiary alicyclic amines) is 1. The maximum atomic E-state index is 12.3. The first kappa shape index (κ1) is 20.6. The zero-order valence-corrected chi connectivity index (χ0v) is 16.5. The molecule has 1 aliphatic heterocycles. The number of furan rings is 1. The molecule has 154 valence electrons. The molecule has 0 spiro atoms. The molecule has 7 heteroatoms. The third kappa shape index (κ3) is 5.94. The topological polar surface area (TPSA) is 88.9 Å². The van der Waals surface area contributed by atoms with Gasteiger partial charge < -0.3 is 19.4 Å². The minimum absolute atomic E-state index is 0.110. The van der Waals surface area contributed by atoms with Crippen LogP contribution < -0.4 is 5.32 Å². The summed E-state index contributed by atoms with van der Waals surface area (Å²) in [6.45, 7) is 2.52. The Bertz CT molecular complexity index is 811. The van der Waals surface area contributed by atoms with Crippen molar-refractivity contribution in [1.82, 2.24) is 10.2 Å². The summed E-state index contributed by atoms with van der Waals surface area (Å²) in [4.78, 5) is 38.0. The molecular weight excluding hydrogens is 372 g/mol. The van der Waals surface area contributed by atoms with Gasteiger partial charge in [0.2, 0.25) is 0 Å². The van der Waals surface area contributed by atoms with E-state index in [1.807, 2.05) is 18.2 Å². The SMILES string of the molecule is CC(NC(=O)c1ccco1)C(=O)OCC(=O)N1CCC(Cc2ccccc2)CC1. The lowest BCUT2D eigenvalue weighted by Crippen LogP contribution is -2.43. The van der Waals surface area contributed by atoms with Gasteiger partial charge in [0.25, 0.3) is 11.8 Å². The molecule has 2 heterocycles. The summed E-state index contributed by atoms with van der Waals surface area (Å²) in [6, 6.07) is 12.6. The van der Waals surface area contributed by atoms with Crippen molar-refractivity contribution < 1.29 is 23.5 Å². The van der Waals surface area contributed by atoms with Crippen LogP contribution in [0.4, 0.5) is 0 Å². The molecule has 2 amide bonds. The number of carbonyl (C=O) groups excluding carboxylic acids is 3. The summed E-state index contributed by atoms with van der Waals surface area (Å²) >= 11 is 0. The molecule has 1 N–H and O–H groups in total. The molecule has 0 saturated carbocycles. The van der Waals surface area contributed by atoms with Gasteiger partial charge >= 0.3 is 5.97 Å². The van der Waals surface area contributed by atoms with E-state index in [4.69, 9.17) is 9.15 Å². The molecular formula is C22H26N2O5. The van der Waals surface area contributed by atoms with E-state index in [1.165, 1.54) is 24.8 Å². The molecule has 1 fully saturated rings. The summed E-state index contributed by atoms with van der Waals surface area (Å²) in [7, 11) is 0. The van der Waals surface area contributed by atoms with E-state index in [9.17, 15) is 14.4 Å². The Morgan fingerprint density at radius 2 is 1.86 bits per heavy atom. The molecule has 1 aliphatic rings. The molecule has 1 aromatic heterocycles. The Hall–Kier alpha value is -3.09. The van der Waals surface area contributed by atoms with Crippen LogP contribution in [0.1, 0.15) is 35.9 Å². The van der Waals surface area contributed by atoms with Crippen molar-refractivity contribution in [3.63, 3.8) is 0 Å². The Kier molecular flexibility index (Phi) is 7.05. The number of ether oxygens (including phenoxy) is 1. The summed E-state index contributed by atoms with van der Waals surface area (Å²) < 4.78 is 10.1. The quantitative estimate of drug-likeness (QED) is 0.724. The fourth-order valence-electron chi connectivity index (χ4n) is 3.42. The Morgan fingerprint density at radius 1 is 1.14 bits per heavy atom. The lowest BCUT2D eigenvalue weighted by Gasteiger charge is -2.32. The van der Waals surface area contributed by atoms with E-state index < -0.39 is 17.9 Å². The van der Waals surface area contributed by atoms with Gasteiger partial charge in [-0.15, -0.1) is 0 Å². The van der Waals surface area contributed by atoms with Crippen LogP contribution in [-0.2, 0) is 20.7 Å². The number of piperidine rings is 1. The second-order valence-electron chi connectivity index (χ2n) is 7.29. The minimum atomic E-state index is -0.878. The summed E-state index contributed by atoms with van der Waals surface area (Å²) in [6.07, 6.45) is 4.26. The predicted molar refractivity (Wildman–Crippen MR) is 106 cm³/mol. The van der Waals surface area contributed by atoms with Crippen molar-refractivity contribution in [2.45, 2.75) is 32.2 Å². The molecule has 29 heavy (non-hydrogen) atoms. The van der Waals surface area contributed by atoms with Gasteiger partial charge in [-0.2, -0.15) is 0 Å². The van der Waals surface area contributed by atoms with Crippen LogP contribution in [0.15, 0.2) is 53.1 Å². The van der Waals surface area contributed by atoms with E-state index in [-0.39, 0.29) is 18.3 Å². The third-order valence-corrected chi connectivity index (χ3v) is 5.12. The third-order valence-electron chi connectivity index (χ3n) is 5.12. The largest absolute Gasteiger partial charge is 0.459 e. The molecule has 1 unspecified atom stereocenters. The number of nitrogens with zero attached hydrogens (tertiary/aromatic N) is 1. The van der Waals surface area contributed by atoms with Crippen LogP contribution in [0.3, 0.4) is 0 Å². The van der Waals surface area contributed by atoms with Crippen LogP contribution in [0, 0.1) is 5.92 Å². The fraction of sp³-hybridized carbons (Fsp3) is 0.409. The number of rotatable bonds is 7. The molecule has 7 nitrogen and oxygen atoms in total. The Labute approximate surface area is 170 Å². The average molecular weight is 398 g/mol. The summed E-state index contributed by atoms with van der Waals surface area (Å²) in [5.41, 5.74) is 1.32. The Balaban J connectivity index is 1.37. The van der Waals surface area contributed by atoms with Gasteiger partial charge in [-0.25, -0.2) is 4.79 Å². The lowest BCUT2D eigenvalue weighted by atomic mass is 9.90. The number of carbonyl (C=O) groups is 3. The van der Waals surface area contributed by atoms with Crippen molar-refractivity contribution in [3.8, 4) is 0 Å². The van der Waals surface area contributed by atoms with Crippen LogP contribution in [0.5, 0.6) is 0 Å². The normalized spacial score (nSPS) is 15.6. The molecule has 0 bridgehead atoms. The van der Waals surface area contributed by atoms with Gasteiger partial charge in [0, 0.05) is 13.1 Å². The number of amides is 2. The van der Waals surface area contributed by atoms with Crippen molar-refractivity contribution >= 4 is 17.8 Å². The predicted octanol–water partition coefficient (Wildman–Crippen LogP) is 2.42. The van der Waals surface area contributed by atoms with E-state index >= 15 is 0 Å². The highest BCUT2D eigenvalue weighted by molar-refractivity contribution is 5.94. The van der Waals surface area contributed by atoms with Gasteiger partial charge in [-0.1, -0.05) is 30.3 Å². The molecule has 1 saturated heterocycles. The van der Waals surface area contributed by atoms with Gasteiger partial charge in [0.1, 0.15) is 6.04 Å². The molecule has 0 radical (unpaired) electrons. The smallest absolute Gasteiger partial charge is 0.328 e. The van der Waals surface area contributed by atoms with Crippen molar-refractivity contribution in [3.05, 3.63) is 60.1 Å². The second kappa shape index (κ2) is 9.91. The Morgan fingerprint density at radius 3 is 2.52 bits per heavy atom. The van der Waals surface area contributed by atoms with Gasteiger partial charge in [0.05, 0.1) is 6.26 Å². The van der Waals surface area contributed by atoms with Crippen LogP contribution in [-0.4, -0.2) is 48.4 Å². The molecule has 0 aliphatic carbocycles. The highest BCUT2D eigenvalue weighted by atomic mass is 16.5. The number of benzene rings is 1. The van der Waals surface area contributed by atoms with E-state index in [0.29, 0.717) is 19.0 Å².